The molecule has 0 atom stereocenters. The highest BCUT2D eigenvalue weighted by atomic mass is 13.8. The van der Waals surface area contributed by atoms with Crippen molar-refractivity contribution in [2.45, 2.75) is 41.5 Å². The molecular weight excluding hydrogens is 144 g/mol. The summed E-state index contributed by atoms with van der Waals surface area (Å²) >= 11 is 0. The van der Waals surface area contributed by atoms with Gasteiger partial charge in [0.15, 0.2) is 0 Å². The van der Waals surface area contributed by atoms with Crippen molar-refractivity contribution in [2.24, 2.45) is 0 Å². The van der Waals surface area contributed by atoms with Gasteiger partial charge in [0, 0.05) is 0 Å². The number of hydrogen-bond acceptors (Lipinski definition) is 0. The first-order valence-electron chi connectivity index (χ1n) is 4.76. The van der Waals surface area contributed by atoms with E-state index in [0.29, 0.717) is 0 Å². The number of rotatable bonds is 2. The predicted molar refractivity (Wildman–Crippen MR) is 61.5 cm³/mol. The van der Waals surface area contributed by atoms with Crippen molar-refractivity contribution < 1.29 is 0 Å². The summed E-state index contributed by atoms with van der Waals surface area (Å²) < 4.78 is 0. The van der Waals surface area contributed by atoms with Gasteiger partial charge >= 0.3 is 0 Å². The van der Waals surface area contributed by atoms with Crippen LogP contribution in [0.2, 0.25) is 0 Å². The van der Waals surface area contributed by atoms with Crippen molar-refractivity contribution in [1.29, 1.82) is 0 Å². The molecule has 0 rings (SSSR count). The minimum Gasteiger partial charge on any atom is -0.0985 e. The fourth-order valence-electron chi connectivity index (χ4n) is 0.475. The van der Waals surface area contributed by atoms with E-state index in [1.54, 1.807) is 0 Å². The second-order valence-electron chi connectivity index (χ2n) is 1.49. The molecule has 0 amide bonds. The molecule has 0 saturated heterocycles. The average molecular weight is 168 g/mol. The molecule has 12 heavy (non-hydrogen) atoms. The van der Waals surface area contributed by atoms with Crippen LogP contribution in [0.25, 0.3) is 0 Å². The largest absolute Gasteiger partial charge is 0.0985 e. The molecule has 0 aliphatic heterocycles. The van der Waals surface area contributed by atoms with Crippen LogP contribution < -0.4 is 0 Å². The molecule has 0 spiro atoms. The van der Waals surface area contributed by atoms with Crippen LogP contribution in [0.3, 0.4) is 0 Å². The maximum atomic E-state index is 3.63. The Morgan fingerprint density at radius 3 is 1.50 bits per heavy atom. The molecule has 0 bridgehead atoms. The van der Waals surface area contributed by atoms with Gasteiger partial charge in [-0.15, -0.1) is 0 Å². The molecule has 0 aromatic heterocycles. The number of allylic oxidation sites excluding steroid dienone is 5. The SMILES string of the molecule is C=CC(/C=C\C)=C/C.CC.CC. The third-order valence-electron chi connectivity index (χ3n) is 0.928. The zero-order valence-corrected chi connectivity index (χ0v) is 9.52. The Hall–Kier alpha value is -0.780. The first kappa shape index (κ1) is 17.3. The van der Waals surface area contributed by atoms with Crippen LogP contribution in [0.5, 0.6) is 0 Å². The summed E-state index contributed by atoms with van der Waals surface area (Å²) in [5.41, 5.74) is 1.17. The van der Waals surface area contributed by atoms with Crippen molar-refractivity contribution in [2.75, 3.05) is 0 Å². The summed E-state index contributed by atoms with van der Waals surface area (Å²) in [7, 11) is 0. The van der Waals surface area contributed by atoms with Crippen LogP contribution in [0, 0.1) is 0 Å². The van der Waals surface area contributed by atoms with E-state index in [9.17, 15) is 0 Å². The van der Waals surface area contributed by atoms with E-state index in [-0.39, 0.29) is 0 Å². The zero-order chi connectivity index (χ0) is 10.4. The van der Waals surface area contributed by atoms with Gasteiger partial charge in [0.25, 0.3) is 0 Å². The van der Waals surface area contributed by atoms with Crippen LogP contribution in [-0.4, -0.2) is 0 Å². The van der Waals surface area contributed by atoms with Gasteiger partial charge < -0.3 is 0 Å². The average Bonchev–Trinajstić information content (AvgIpc) is 2.20. The van der Waals surface area contributed by atoms with Gasteiger partial charge in [-0.25, -0.2) is 0 Å². The first-order valence-corrected chi connectivity index (χ1v) is 4.76. The summed E-state index contributed by atoms with van der Waals surface area (Å²) in [6, 6.07) is 0. The minimum absolute atomic E-state index is 1.17. The summed E-state index contributed by atoms with van der Waals surface area (Å²) in [5, 5.41) is 0. The molecule has 0 aromatic carbocycles. The molecule has 0 radical (unpaired) electrons. The molecule has 0 nitrogen and oxygen atoms in total. The van der Waals surface area contributed by atoms with E-state index in [1.165, 1.54) is 5.57 Å². The second kappa shape index (κ2) is 22.5. The molecule has 0 heteroatoms. The van der Waals surface area contributed by atoms with Gasteiger partial charge in [-0.3, -0.25) is 0 Å². The Labute approximate surface area is 78.7 Å². The molecular formula is C12H24. The quantitative estimate of drug-likeness (QED) is 0.522. The Kier molecular flexibility index (Phi) is 32.5. The van der Waals surface area contributed by atoms with Crippen molar-refractivity contribution in [3.05, 3.63) is 36.5 Å². The molecule has 0 aromatic rings. The molecule has 0 heterocycles. The Morgan fingerprint density at radius 2 is 1.42 bits per heavy atom. The van der Waals surface area contributed by atoms with E-state index < -0.39 is 0 Å². The van der Waals surface area contributed by atoms with Crippen molar-refractivity contribution in [3.8, 4) is 0 Å². The fraction of sp³-hybridized carbons (Fsp3) is 0.500. The van der Waals surface area contributed by atoms with Gasteiger partial charge in [-0.1, -0.05) is 58.6 Å². The zero-order valence-electron chi connectivity index (χ0n) is 9.52. The lowest BCUT2D eigenvalue weighted by Crippen LogP contribution is -1.63. The Bertz CT molecular complexity index is 116. The topological polar surface area (TPSA) is 0 Å². The van der Waals surface area contributed by atoms with Crippen molar-refractivity contribution in [3.63, 3.8) is 0 Å². The van der Waals surface area contributed by atoms with Gasteiger partial charge in [0.1, 0.15) is 0 Å². The lowest BCUT2D eigenvalue weighted by molar-refractivity contribution is 1.50. The summed E-state index contributed by atoms with van der Waals surface area (Å²) in [5.74, 6) is 0. The Balaban J connectivity index is -0.000000175. The van der Waals surface area contributed by atoms with Crippen molar-refractivity contribution >= 4 is 0 Å². The molecule has 0 aliphatic rings. The standard InChI is InChI=1S/C8H12.2C2H6/c1-4-7-8(5-2)6-3;2*1-2/h4-7H,2H2,1,3H3;2*1-2H3/b7-4-,8-6-;;. The monoisotopic (exact) mass is 168 g/mol. The van der Waals surface area contributed by atoms with Crippen LogP contribution in [0.4, 0.5) is 0 Å². The second-order valence-corrected chi connectivity index (χ2v) is 1.49. The summed E-state index contributed by atoms with van der Waals surface area (Å²) in [6.07, 6.45) is 7.87. The third-order valence-corrected chi connectivity index (χ3v) is 0.928. The highest BCUT2D eigenvalue weighted by Crippen LogP contribution is 1.95. The normalized spacial score (nSPS) is 9.33. The van der Waals surface area contributed by atoms with Gasteiger partial charge in [-0.2, -0.15) is 0 Å². The predicted octanol–water partition coefficient (Wildman–Crippen LogP) is 4.75. The Morgan fingerprint density at radius 1 is 1.00 bits per heavy atom. The third kappa shape index (κ3) is 16.1. The van der Waals surface area contributed by atoms with Gasteiger partial charge in [0.2, 0.25) is 0 Å². The molecule has 0 aliphatic carbocycles. The highest BCUT2D eigenvalue weighted by Gasteiger charge is 1.74. The minimum atomic E-state index is 1.17. The maximum absolute atomic E-state index is 3.63. The van der Waals surface area contributed by atoms with Crippen LogP contribution >= 0.6 is 0 Å². The fourth-order valence-corrected chi connectivity index (χ4v) is 0.475. The number of hydrogen-bond donors (Lipinski definition) is 0. The first-order chi connectivity index (χ1) is 5.85. The van der Waals surface area contributed by atoms with Crippen LogP contribution in [0.15, 0.2) is 36.5 Å². The van der Waals surface area contributed by atoms with E-state index in [4.69, 9.17) is 0 Å². The van der Waals surface area contributed by atoms with E-state index in [2.05, 4.69) is 6.58 Å². The van der Waals surface area contributed by atoms with Crippen LogP contribution in [0.1, 0.15) is 41.5 Å². The van der Waals surface area contributed by atoms with Gasteiger partial charge in [0.05, 0.1) is 0 Å². The molecule has 72 valence electrons. The summed E-state index contributed by atoms with van der Waals surface area (Å²) in [4.78, 5) is 0. The lowest BCUT2D eigenvalue weighted by atomic mass is 10.2. The van der Waals surface area contributed by atoms with Crippen molar-refractivity contribution in [1.82, 2.24) is 0 Å². The molecule has 0 unspecified atom stereocenters. The molecule has 0 N–H and O–H groups in total. The smallest absolute Gasteiger partial charge is 0.0309 e. The maximum Gasteiger partial charge on any atom is -0.0309 e. The summed E-state index contributed by atoms with van der Waals surface area (Å²) in [6.45, 7) is 15.6. The van der Waals surface area contributed by atoms with E-state index in [1.807, 2.05) is 65.8 Å². The molecule has 0 fully saturated rings. The van der Waals surface area contributed by atoms with Gasteiger partial charge in [-0.05, 0) is 19.4 Å². The highest BCUT2D eigenvalue weighted by molar-refractivity contribution is 5.27. The lowest BCUT2D eigenvalue weighted by Gasteiger charge is -1.84. The van der Waals surface area contributed by atoms with Crippen LogP contribution in [-0.2, 0) is 0 Å². The van der Waals surface area contributed by atoms with E-state index >= 15 is 0 Å². The molecule has 0 saturated carbocycles. The van der Waals surface area contributed by atoms with E-state index in [0.717, 1.165) is 0 Å².